The fourth-order valence-electron chi connectivity index (χ4n) is 1.90. The summed E-state index contributed by atoms with van der Waals surface area (Å²) >= 11 is 0. The van der Waals surface area contributed by atoms with E-state index in [0.717, 1.165) is 0 Å². The number of nitrogens with one attached hydrogen (secondary N) is 1. The molecule has 0 bridgehead atoms. The Morgan fingerprint density at radius 2 is 2.44 bits per heavy atom. The van der Waals surface area contributed by atoms with E-state index >= 15 is 0 Å². The first-order valence-electron chi connectivity index (χ1n) is 6.13. The van der Waals surface area contributed by atoms with Crippen LogP contribution in [-0.4, -0.2) is 66.2 Å². The maximum Gasteiger partial charge on any atom is 0.409 e. The molecule has 6 nitrogen and oxygen atoms in total. The number of carbonyl (C=O) groups excluding carboxylic acids is 1. The van der Waals surface area contributed by atoms with Crippen molar-refractivity contribution >= 4 is 6.09 Å². The van der Waals surface area contributed by atoms with Crippen molar-refractivity contribution in [2.75, 3.05) is 26.7 Å². The molecule has 0 aliphatic carbocycles. The molecular formula is C12H22N2O4. The minimum atomic E-state index is -0.572. The summed E-state index contributed by atoms with van der Waals surface area (Å²) < 4.78 is 4.86. The van der Waals surface area contributed by atoms with E-state index in [1.165, 1.54) is 11.0 Å². The summed E-state index contributed by atoms with van der Waals surface area (Å²) in [5.41, 5.74) is 0. The second-order valence-electron chi connectivity index (χ2n) is 4.55. The highest BCUT2D eigenvalue weighted by molar-refractivity contribution is 5.67. The molecule has 0 radical (unpaired) electrons. The van der Waals surface area contributed by atoms with E-state index in [1.807, 2.05) is 0 Å². The highest BCUT2D eigenvalue weighted by Crippen LogP contribution is 2.12. The van der Waals surface area contributed by atoms with Gasteiger partial charge in [0.1, 0.15) is 6.61 Å². The zero-order valence-corrected chi connectivity index (χ0v) is 10.7. The summed E-state index contributed by atoms with van der Waals surface area (Å²) in [6.07, 6.45) is 1.11. The predicted octanol–water partition coefficient (Wildman–Crippen LogP) is -0.285. The number of rotatable bonds is 6. The summed E-state index contributed by atoms with van der Waals surface area (Å²) in [5.74, 6) is 0. The van der Waals surface area contributed by atoms with Crippen LogP contribution in [0.5, 0.6) is 0 Å². The Balaban J connectivity index is 2.22. The zero-order valence-electron chi connectivity index (χ0n) is 10.7. The van der Waals surface area contributed by atoms with E-state index in [4.69, 9.17) is 4.74 Å². The zero-order chi connectivity index (χ0) is 13.5. The summed E-state index contributed by atoms with van der Waals surface area (Å²) in [6.45, 7) is 4.56. The Morgan fingerprint density at radius 1 is 1.72 bits per heavy atom. The van der Waals surface area contributed by atoms with Gasteiger partial charge in [-0.1, -0.05) is 12.7 Å². The third-order valence-electron chi connectivity index (χ3n) is 3.00. The largest absolute Gasteiger partial charge is 0.445 e. The fourth-order valence-corrected chi connectivity index (χ4v) is 1.90. The van der Waals surface area contributed by atoms with Gasteiger partial charge in [-0.15, -0.1) is 0 Å². The highest BCUT2D eigenvalue weighted by atomic mass is 16.6. The first-order valence-corrected chi connectivity index (χ1v) is 6.13. The van der Waals surface area contributed by atoms with Crippen LogP contribution in [0, 0.1) is 0 Å². The van der Waals surface area contributed by atoms with Crippen molar-refractivity contribution in [1.82, 2.24) is 10.2 Å². The second kappa shape index (κ2) is 7.35. The Labute approximate surface area is 107 Å². The molecule has 104 valence electrons. The normalized spacial score (nSPS) is 24.6. The molecule has 1 amide bonds. The van der Waals surface area contributed by atoms with Gasteiger partial charge in [0, 0.05) is 26.2 Å². The van der Waals surface area contributed by atoms with Gasteiger partial charge in [0.2, 0.25) is 0 Å². The lowest BCUT2D eigenvalue weighted by atomic mass is 10.1. The van der Waals surface area contributed by atoms with Crippen molar-refractivity contribution in [3.8, 4) is 0 Å². The third kappa shape index (κ3) is 4.64. The Kier molecular flexibility index (Phi) is 6.11. The first-order chi connectivity index (χ1) is 8.54. The van der Waals surface area contributed by atoms with Gasteiger partial charge in [0.15, 0.2) is 0 Å². The molecule has 0 saturated carbocycles. The quantitative estimate of drug-likeness (QED) is 0.571. The molecule has 1 heterocycles. The van der Waals surface area contributed by atoms with Crippen molar-refractivity contribution in [2.24, 2.45) is 0 Å². The molecule has 1 aliphatic heterocycles. The maximum atomic E-state index is 11.4. The van der Waals surface area contributed by atoms with Crippen LogP contribution in [-0.2, 0) is 4.74 Å². The van der Waals surface area contributed by atoms with Gasteiger partial charge in [0.25, 0.3) is 0 Å². The molecule has 1 aliphatic rings. The van der Waals surface area contributed by atoms with Gasteiger partial charge in [0.05, 0.1) is 12.2 Å². The molecule has 0 aromatic heterocycles. The van der Waals surface area contributed by atoms with Crippen LogP contribution < -0.4 is 5.32 Å². The molecule has 3 atom stereocenters. The SMILES string of the molecule is C=CCOC(=O)N(C)CC[C@@H](O)[C@@H]1C[C@@H](O)CN1. The molecule has 0 aromatic rings. The van der Waals surface area contributed by atoms with E-state index in [9.17, 15) is 15.0 Å². The van der Waals surface area contributed by atoms with Gasteiger partial charge in [-0.25, -0.2) is 4.79 Å². The highest BCUT2D eigenvalue weighted by Gasteiger charge is 2.28. The average molecular weight is 258 g/mol. The van der Waals surface area contributed by atoms with Crippen molar-refractivity contribution in [3.63, 3.8) is 0 Å². The summed E-state index contributed by atoms with van der Waals surface area (Å²) in [7, 11) is 1.62. The van der Waals surface area contributed by atoms with Crippen LogP contribution in [0.15, 0.2) is 12.7 Å². The minimum Gasteiger partial charge on any atom is -0.445 e. The summed E-state index contributed by atoms with van der Waals surface area (Å²) in [5, 5.41) is 22.3. The topological polar surface area (TPSA) is 82.0 Å². The van der Waals surface area contributed by atoms with E-state index in [2.05, 4.69) is 11.9 Å². The van der Waals surface area contributed by atoms with Gasteiger partial charge >= 0.3 is 6.09 Å². The van der Waals surface area contributed by atoms with Gasteiger partial charge in [-0.05, 0) is 12.8 Å². The summed E-state index contributed by atoms with van der Waals surface area (Å²) in [4.78, 5) is 12.8. The van der Waals surface area contributed by atoms with Crippen LogP contribution in [0.4, 0.5) is 4.79 Å². The number of hydrogen-bond donors (Lipinski definition) is 3. The predicted molar refractivity (Wildman–Crippen MR) is 67.2 cm³/mol. The standard InChI is InChI=1S/C12H22N2O4/c1-3-6-18-12(17)14(2)5-4-11(16)10-7-9(15)8-13-10/h3,9-11,13,15-16H,1,4-8H2,2H3/t9-,10+,11-/m1/s1. The van der Waals surface area contributed by atoms with E-state index in [-0.39, 0.29) is 18.8 Å². The van der Waals surface area contributed by atoms with E-state index in [0.29, 0.717) is 25.9 Å². The monoisotopic (exact) mass is 258 g/mol. The minimum absolute atomic E-state index is 0.0994. The molecule has 3 N–H and O–H groups in total. The van der Waals surface area contributed by atoms with Gasteiger partial charge in [-0.2, -0.15) is 0 Å². The van der Waals surface area contributed by atoms with E-state index < -0.39 is 12.2 Å². The van der Waals surface area contributed by atoms with Crippen molar-refractivity contribution < 1.29 is 19.7 Å². The number of ether oxygens (including phenoxy) is 1. The van der Waals surface area contributed by atoms with Crippen LogP contribution in [0.2, 0.25) is 0 Å². The van der Waals surface area contributed by atoms with Crippen LogP contribution in [0.1, 0.15) is 12.8 Å². The van der Waals surface area contributed by atoms with Crippen LogP contribution in [0.25, 0.3) is 0 Å². The molecule has 18 heavy (non-hydrogen) atoms. The summed E-state index contributed by atoms with van der Waals surface area (Å²) in [6, 6.07) is -0.0994. The molecule has 0 spiro atoms. The van der Waals surface area contributed by atoms with Crippen LogP contribution in [0.3, 0.4) is 0 Å². The van der Waals surface area contributed by atoms with Crippen molar-refractivity contribution in [2.45, 2.75) is 31.1 Å². The number of aliphatic hydroxyl groups is 2. The number of amides is 1. The maximum absolute atomic E-state index is 11.4. The van der Waals surface area contributed by atoms with Gasteiger partial charge in [-0.3, -0.25) is 0 Å². The van der Waals surface area contributed by atoms with Crippen molar-refractivity contribution in [1.29, 1.82) is 0 Å². The fraction of sp³-hybridized carbons (Fsp3) is 0.750. The number of aliphatic hydroxyl groups excluding tert-OH is 2. The third-order valence-corrected chi connectivity index (χ3v) is 3.00. The van der Waals surface area contributed by atoms with Crippen molar-refractivity contribution in [3.05, 3.63) is 12.7 Å². The second-order valence-corrected chi connectivity index (χ2v) is 4.55. The van der Waals surface area contributed by atoms with E-state index in [1.54, 1.807) is 7.05 Å². The Bertz CT molecular complexity index is 285. The number of carbonyl (C=O) groups is 1. The molecule has 1 fully saturated rings. The van der Waals surface area contributed by atoms with Gasteiger partial charge < -0.3 is 25.2 Å². The molecule has 6 heteroatoms. The lowest BCUT2D eigenvalue weighted by molar-refractivity contribution is 0.0925. The average Bonchev–Trinajstić information content (AvgIpc) is 2.79. The molecule has 0 unspecified atom stereocenters. The molecule has 1 rings (SSSR count). The smallest absolute Gasteiger partial charge is 0.409 e. The van der Waals surface area contributed by atoms with Crippen LogP contribution >= 0.6 is 0 Å². The number of nitrogens with zero attached hydrogens (tertiary/aromatic N) is 1. The molecule has 1 saturated heterocycles. The Hall–Kier alpha value is -1.11. The first kappa shape index (κ1) is 14.9. The molecule has 0 aromatic carbocycles. The lowest BCUT2D eigenvalue weighted by Gasteiger charge is -2.22. The molecular weight excluding hydrogens is 236 g/mol. The number of hydrogen-bond acceptors (Lipinski definition) is 5. The lowest BCUT2D eigenvalue weighted by Crippen LogP contribution is -2.38. The Morgan fingerprint density at radius 3 is 3.00 bits per heavy atom. The number of β-amino-alcohol motifs (C(OH)–C–C–N with tert-alkyl or cyclic N) is 1.